The van der Waals surface area contributed by atoms with Crippen LogP contribution in [0.5, 0.6) is 0 Å². The number of unbranched alkanes of at least 4 members (excludes halogenated alkanes) is 3. The van der Waals surface area contributed by atoms with E-state index in [1.807, 2.05) is 0 Å². The van der Waals surface area contributed by atoms with Crippen molar-refractivity contribution in [2.45, 2.75) is 51.0 Å². The molecule has 1 unspecified atom stereocenters. The fraction of sp³-hybridized carbons (Fsp3) is 0.385. The van der Waals surface area contributed by atoms with Crippen LogP contribution in [0.4, 0.5) is 4.39 Å². The van der Waals surface area contributed by atoms with E-state index in [0.29, 0.717) is 18.5 Å². The Kier molecular flexibility index (Phi) is 9.72. The summed E-state index contributed by atoms with van der Waals surface area (Å²) in [7, 11) is 0. The number of hydrogen-bond acceptors (Lipinski definition) is 4. The van der Waals surface area contributed by atoms with Gasteiger partial charge in [-0.25, -0.2) is 8.60 Å². The number of amides is 2. The van der Waals surface area contributed by atoms with Crippen LogP contribution in [0.2, 0.25) is 0 Å². The molecule has 3 rings (SSSR count). The molecule has 0 radical (unpaired) electrons. The number of hydrogen-bond donors (Lipinski definition) is 2. The molecule has 7 nitrogen and oxygen atoms in total. The van der Waals surface area contributed by atoms with Gasteiger partial charge >= 0.3 is 5.97 Å². The molecule has 2 aromatic carbocycles. The first-order valence-electron chi connectivity index (χ1n) is 11.7. The number of carbonyl (C=O) groups excluding carboxylic acids is 2. The largest absolute Gasteiger partial charge is 0.481 e. The quantitative estimate of drug-likeness (QED) is 0.250. The lowest BCUT2D eigenvalue weighted by atomic mass is 9.93. The molecule has 2 amide bonds. The highest BCUT2D eigenvalue weighted by molar-refractivity contribution is 7.69. The first-order valence-corrected chi connectivity index (χ1v) is 12.4. The van der Waals surface area contributed by atoms with E-state index in [4.69, 9.17) is 5.11 Å². The summed E-state index contributed by atoms with van der Waals surface area (Å²) in [4.78, 5) is 37.1. The Morgan fingerprint density at radius 3 is 2.23 bits per heavy atom. The Balaban J connectivity index is 1.37. The third-order valence-electron chi connectivity index (χ3n) is 5.99. The Hall–Kier alpha value is -3.33. The van der Waals surface area contributed by atoms with Gasteiger partial charge in [0.1, 0.15) is 28.5 Å². The maximum atomic E-state index is 12.9. The molecular formula is C26H29FN2O5S. The summed E-state index contributed by atoms with van der Waals surface area (Å²) in [6.45, 7) is 0.412. The SMILES string of the molecule is O=S=C1C(=O)N(CC(=O)NCCCCCCc2ccc(F)cc2)C1Cc1ccc(CC(=O)O)cc1. The summed E-state index contributed by atoms with van der Waals surface area (Å²) in [5.74, 6) is -1.82. The van der Waals surface area contributed by atoms with E-state index in [0.717, 1.165) is 43.2 Å². The maximum absolute atomic E-state index is 12.9. The molecule has 2 aromatic rings. The van der Waals surface area contributed by atoms with E-state index >= 15 is 0 Å². The van der Waals surface area contributed by atoms with E-state index in [1.54, 1.807) is 36.4 Å². The monoisotopic (exact) mass is 500 g/mol. The highest BCUT2D eigenvalue weighted by atomic mass is 32.1. The summed E-state index contributed by atoms with van der Waals surface area (Å²) in [5.41, 5.74) is 2.63. The zero-order valence-corrected chi connectivity index (χ0v) is 20.2. The molecule has 0 aromatic heterocycles. The molecule has 1 fully saturated rings. The van der Waals surface area contributed by atoms with Crippen molar-refractivity contribution in [3.8, 4) is 0 Å². The molecule has 1 aliphatic rings. The normalized spacial score (nSPS) is 15.0. The zero-order valence-electron chi connectivity index (χ0n) is 19.4. The molecule has 1 aliphatic heterocycles. The number of carboxylic acid groups (broad SMARTS) is 1. The Morgan fingerprint density at radius 2 is 1.57 bits per heavy atom. The van der Waals surface area contributed by atoms with E-state index < -0.39 is 17.9 Å². The fourth-order valence-corrected chi connectivity index (χ4v) is 4.58. The van der Waals surface area contributed by atoms with Crippen molar-refractivity contribution in [2.75, 3.05) is 13.1 Å². The van der Waals surface area contributed by atoms with Crippen molar-refractivity contribution < 1.29 is 28.1 Å². The second-order valence-corrected chi connectivity index (χ2v) is 9.23. The van der Waals surface area contributed by atoms with Gasteiger partial charge in [0.15, 0.2) is 0 Å². The lowest BCUT2D eigenvalue weighted by Crippen LogP contribution is -2.64. The van der Waals surface area contributed by atoms with E-state index in [1.165, 1.54) is 17.0 Å². The van der Waals surface area contributed by atoms with Gasteiger partial charge in [-0.05, 0) is 54.5 Å². The van der Waals surface area contributed by atoms with E-state index in [9.17, 15) is 23.0 Å². The number of nitrogens with zero attached hydrogens (tertiary/aromatic N) is 1. The van der Waals surface area contributed by atoms with Crippen LogP contribution >= 0.6 is 0 Å². The first kappa shape index (κ1) is 26.3. The Labute approximate surface area is 207 Å². The molecule has 9 heteroatoms. The highest BCUT2D eigenvalue weighted by Crippen LogP contribution is 2.21. The van der Waals surface area contributed by atoms with Crippen molar-refractivity contribution in [1.29, 1.82) is 0 Å². The minimum atomic E-state index is -0.914. The molecule has 35 heavy (non-hydrogen) atoms. The molecule has 1 heterocycles. The number of likely N-dealkylation sites (tertiary alicyclic amines) is 1. The predicted molar refractivity (Wildman–Crippen MR) is 132 cm³/mol. The summed E-state index contributed by atoms with van der Waals surface area (Å²) < 4.78 is 24.3. The van der Waals surface area contributed by atoms with Gasteiger partial charge in [-0.1, -0.05) is 49.2 Å². The van der Waals surface area contributed by atoms with Crippen LogP contribution in [0.3, 0.4) is 0 Å². The summed E-state index contributed by atoms with van der Waals surface area (Å²) in [6, 6.07) is 13.1. The third-order valence-corrected chi connectivity index (χ3v) is 6.62. The molecule has 1 saturated heterocycles. The number of halogens is 1. The van der Waals surface area contributed by atoms with Gasteiger partial charge in [-0.3, -0.25) is 14.4 Å². The van der Waals surface area contributed by atoms with Crippen LogP contribution in [0, 0.1) is 5.82 Å². The zero-order chi connectivity index (χ0) is 25.2. The van der Waals surface area contributed by atoms with Crippen molar-refractivity contribution in [1.82, 2.24) is 10.2 Å². The second-order valence-electron chi connectivity index (χ2n) is 8.63. The number of aliphatic carboxylic acids is 1. The second kappa shape index (κ2) is 12.9. The molecular weight excluding hydrogens is 471 g/mol. The Bertz CT molecular complexity index is 1100. The standard InChI is InChI=1S/C26H29FN2O5S/c27-21-12-10-18(11-13-21)5-3-1-2-4-14-28-23(30)17-29-22(25(35-34)26(29)33)15-19-6-8-20(9-7-19)16-24(31)32/h6-13,22H,1-5,14-17H2,(H,28,30)(H,31,32). The lowest BCUT2D eigenvalue weighted by molar-refractivity contribution is -0.136. The fourth-order valence-electron chi connectivity index (χ4n) is 4.07. The van der Waals surface area contributed by atoms with Gasteiger partial charge in [0.25, 0.3) is 5.91 Å². The van der Waals surface area contributed by atoms with Gasteiger partial charge in [0.2, 0.25) is 5.91 Å². The van der Waals surface area contributed by atoms with Crippen LogP contribution in [-0.2, 0) is 44.9 Å². The van der Waals surface area contributed by atoms with Crippen molar-refractivity contribution >= 4 is 33.9 Å². The van der Waals surface area contributed by atoms with Gasteiger partial charge in [-0.15, -0.1) is 0 Å². The number of nitrogens with one attached hydrogen (secondary N) is 1. The van der Waals surface area contributed by atoms with Crippen LogP contribution in [0.25, 0.3) is 0 Å². The average molecular weight is 501 g/mol. The molecule has 0 bridgehead atoms. The topological polar surface area (TPSA) is 104 Å². The number of aryl methyl sites for hydroxylation is 1. The van der Waals surface area contributed by atoms with Gasteiger partial charge < -0.3 is 15.3 Å². The number of β-lactam (4-membered cyclic amide) rings is 1. The molecule has 0 spiro atoms. The Morgan fingerprint density at radius 1 is 0.943 bits per heavy atom. The molecule has 1 atom stereocenters. The number of carbonyl (C=O) groups is 3. The van der Waals surface area contributed by atoms with Gasteiger partial charge in [0, 0.05) is 6.54 Å². The van der Waals surface area contributed by atoms with Gasteiger partial charge in [-0.2, -0.15) is 0 Å². The van der Waals surface area contributed by atoms with Crippen LogP contribution in [0.1, 0.15) is 42.4 Å². The smallest absolute Gasteiger partial charge is 0.307 e. The molecule has 0 saturated carbocycles. The van der Waals surface area contributed by atoms with Crippen molar-refractivity contribution in [2.24, 2.45) is 0 Å². The predicted octanol–water partition coefficient (Wildman–Crippen LogP) is 2.51. The summed E-state index contributed by atoms with van der Waals surface area (Å²) >= 11 is 0.165. The van der Waals surface area contributed by atoms with Crippen LogP contribution in [0.15, 0.2) is 48.5 Å². The minimum absolute atomic E-state index is 0.0729. The number of rotatable bonds is 13. The third kappa shape index (κ3) is 7.85. The minimum Gasteiger partial charge on any atom is -0.481 e. The lowest BCUT2D eigenvalue weighted by Gasteiger charge is -2.40. The molecule has 186 valence electrons. The van der Waals surface area contributed by atoms with Crippen molar-refractivity contribution in [3.63, 3.8) is 0 Å². The molecule has 0 aliphatic carbocycles. The van der Waals surface area contributed by atoms with Crippen molar-refractivity contribution in [3.05, 3.63) is 71.0 Å². The van der Waals surface area contributed by atoms with Crippen LogP contribution in [-0.4, -0.2) is 56.0 Å². The van der Waals surface area contributed by atoms with Gasteiger partial charge in [0.05, 0.1) is 12.5 Å². The average Bonchev–Trinajstić information content (AvgIpc) is 2.83. The summed E-state index contributed by atoms with van der Waals surface area (Å²) in [5, 5.41) is 11.7. The maximum Gasteiger partial charge on any atom is 0.307 e. The number of carboxylic acids is 1. The number of benzene rings is 2. The van der Waals surface area contributed by atoms with Crippen LogP contribution < -0.4 is 5.32 Å². The first-order chi connectivity index (χ1) is 16.9. The highest BCUT2D eigenvalue weighted by Gasteiger charge is 2.44. The summed E-state index contributed by atoms with van der Waals surface area (Å²) in [6.07, 6.45) is 4.99. The van der Waals surface area contributed by atoms with E-state index in [-0.39, 0.29) is 40.8 Å². The molecule has 2 N–H and O–H groups in total. The van der Waals surface area contributed by atoms with E-state index in [2.05, 4.69) is 5.32 Å².